The van der Waals surface area contributed by atoms with Gasteiger partial charge in [-0.3, -0.25) is 0 Å². The number of ether oxygens (including phenoxy) is 3. The fraction of sp³-hybridized carbons (Fsp3) is 0.733. The number of alkyl carbamates (subject to hydrolysis) is 1. The molecule has 21 heavy (non-hydrogen) atoms. The van der Waals surface area contributed by atoms with Gasteiger partial charge in [-0.25, -0.2) is 9.59 Å². The molecule has 1 N–H and O–H groups in total. The van der Waals surface area contributed by atoms with Crippen molar-refractivity contribution in [2.24, 2.45) is 5.92 Å². The number of nitrogens with one attached hydrogen (secondary N) is 1. The molecule has 6 nitrogen and oxygen atoms in total. The number of carbonyl (C=O) groups is 2. The summed E-state index contributed by atoms with van der Waals surface area (Å²) in [7, 11) is 0. The van der Waals surface area contributed by atoms with E-state index in [1.165, 1.54) is 6.42 Å². The SMILES string of the molecule is C=CC(=O)OCCNC(=O)OC1(C2CCC2)CCOCC1. The molecule has 0 unspecified atom stereocenters. The van der Waals surface area contributed by atoms with Gasteiger partial charge in [0.15, 0.2) is 0 Å². The van der Waals surface area contributed by atoms with Crippen LogP contribution in [-0.2, 0) is 19.0 Å². The highest BCUT2D eigenvalue weighted by Crippen LogP contribution is 2.44. The fourth-order valence-corrected chi connectivity index (χ4v) is 2.83. The normalized spacial score (nSPS) is 21.0. The minimum absolute atomic E-state index is 0.111. The monoisotopic (exact) mass is 297 g/mol. The maximum atomic E-state index is 11.9. The van der Waals surface area contributed by atoms with Crippen LogP contribution in [0.3, 0.4) is 0 Å². The van der Waals surface area contributed by atoms with Crippen molar-refractivity contribution < 1.29 is 23.8 Å². The lowest BCUT2D eigenvalue weighted by molar-refractivity contribution is -0.138. The molecule has 0 aromatic rings. The fourth-order valence-electron chi connectivity index (χ4n) is 2.83. The van der Waals surface area contributed by atoms with Gasteiger partial charge in [0.25, 0.3) is 0 Å². The smallest absolute Gasteiger partial charge is 0.407 e. The standard InChI is InChI=1S/C15H23NO5/c1-2-13(17)20-11-8-16-14(18)21-15(12-4-3-5-12)6-9-19-10-7-15/h2,12H,1,3-11H2,(H,16,18). The van der Waals surface area contributed by atoms with Gasteiger partial charge < -0.3 is 19.5 Å². The summed E-state index contributed by atoms with van der Waals surface area (Å²) in [6.45, 7) is 4.92. The zero-order chi connectivity index (χ0) is 15.1. The Morgan fingerprint density at radius 2 is 2.05 bits per heavy atom. The van der Waals surface area contributed by atoms with Gasteiger partial charge in [0.05, 0.1) is 19.8 Å². The van der Waals surface area contributed by atoms with E-state index in [4.69, 9.17) is 14.2 Å². The van der Waals surface area contributed by atoms with E-state index < -0.39 is 12.1 Å². The molecular formula is C15H23NO5. The van der Waals surface area contributed by atoms with E-state index >= 15 is 0 Å². The summed E-state index contributed by atoms with van der Waals surface area (Å²) in [5.41, 5.74) is -0.377. The molecule has 0 bridgehead atoms. The molecule has 2 fully saturated rings. The molecule has 1 heterocycles. The van der Waals surface area contributed by atoms with Crippen molar-refractivity contribution in [1.29, 1.82) is 0 Å². The number of hydrogen-bond donors (Lipinski definition) is 1. The van der Waals surface area contributed by atoms with E-state index in [9.17, 15) is 9.59 Å². The predicted molar refractivity (Wildman–Crippen MR) is 75.8 cm³/mol. The number of carbonyl (C=O) groups excluding carboxylic acids is 2. The third-order valence-corrected chi connectivity index (χ3v) is 4.27. The molecule has 0 radical (unpaired) electrons. The number of rotatable bonds is 6. The topological polar surface area (TPSA) is 73.9 Å². The van der Waals surface area contributed by atoms with Crippen molar-refractivity contribution in [3.8, 4) is 0 Å². The van der Waals surface area contributed by atoms with Crippen LogP contribution in [0.1, 0.15) is 32.1 Å². The molecule has 1 aliphatic heterocycles. The van der Waals surface area contributed by atoms with E-state index in [1.807, 2.05) is 0 Å². The Balaban J connectivity index is 1.76. The van der Waals surface area contributed by atoms with Crippen LogP contribution in [0.15, 0.2) is 12.7 Å². The predicted octanol–water partition coefficient (Wildman–Crippen LogP) is 1.79. The van der Waals surface area contributed by atoms with Crippen LogP contribution >= 0.6 is 0 Å². The van der Waals surface area contributed by atoms with Gasteiger partial charge in [-0.2, -0.15) is 0 Å². The summed E-state index contributed by atoms with van der Waals surface area (Å²) < 4.78 is 15.9. The van der Waals surface area contributed by atoms with E-state index in [2.05, 4.69) is 11.9 Å². The molecule has 1 saturated carbocycles. The van der Waals surface area contributed by atoms with Gasteiger partial charge in [0, 0.05) is 18.9 Å². The van der Waals surface area contributed by atoms with E-state index in [-0.39, 0.29) is 18.8 Å². The number of amides is 1. The number of hydrogen-bond acceptors (Lipinski definition) is 5. The second-order valence-electron chi connectivity index (χ2n) is 5.49. The van der Waals surface area contributed by atoms with Crippen LogP contribution in [0.5, 0.6) is 0 Å². The first kappa shape index (κ1) is 15.8. The molecule has 0 aromatic heterocycles. The quantitative estimate of drug-likeness (QED) is 0.459. The maximum Gasteiger partial charge on any atom is 0.407 e. The Morgan fingerprint density at radius 1 is 1.33 bits per heavy atom. The molecule has 6 heteroatoms. The highest BCUT2D eigenvalue weighted by atomic mass is 16.6. The van der Waals surface area contributed by atoms with Crippen LogP contribution in [0, 0.1) is 5.92 Å². The molecule has 0 atom stereocenters. The number of esters is 1. The maximum absolute atomic E-state index is 11.9. The Morgan fingerprint density at radius 3 is 2.62 bits per heavy atom. The van der Waals surface area contributed by atoms with Gasteiger partial charge in [-0.05, 0) is 18.8 Å². The largest absolute Gasteiger partial charge is 0.461 e. The van der Waals surface area contributed by atoms with Crippen LogP contribution in [-0.4, -0.2) is 44.0 Å². The van der Waals surface area contributed by atoms with Crippen molar-refractivity contribution >= 4 is 12.1 Å². The van der Waals surface area contributed by atoms with Crippen LogP contribution < -0.4 is 5.32 Å². The van der Waals surface area contributed by atoms with Crippen LogP contribution in [0.25, 0.3) is 0 Å². The van der Waals surface area contributed by atoms with Crippen molar-refractivity contribution in [3.63, 3.8) is 0 Å². The van der Waals surface area contributed by atoms with Crippen molar-refractivity contribution in [2.75, 3.05) is 26.4 Å². The Labute approximate surface area is 124 Å². The first-order chi connectivity index (χ1) is 10.2. The minimum atomic E-state index is -0.500. The average Bonchev–Trinajstić information content (AvgIpc) is 2.42. The van der Waals surface area contributed by atoms with E-state index in [0.717, 1.165) is 31.8 Å². The molecule has 118 valence electrons. The molecule has 1 amide bonds. The van der Waals surface area contributed by atoms with Gasteiger partial charge in [0.2, 0.25) is 0 Å². The third-order valence-electron chi connectivity index (χ3n) is 4.27. The molecule has 2 rings (SSSR count). The summed E-state index contributed by atoms with van der Waals surface area (Å²) in [6, 6.07) is 0. The van der Waals surface area contributed by atoms with Crippen LogP contribution in [0.4, 0.5) is 4.79 Å². The van der Waals surface area contributed by atoms with Gasteiger partial charge in [-0.1, -0.05) is 13.0 Å². The van der Waals surface area contributed by atoms with Gasteiger partial charge in [-0.15, -0.1) is 0 Å². The Kier molecular flexibility index (Phi) is 5.61. The summed E-state index contributed by atoms with van der Waals surface area (Å²) >= 11 is 0. The zero-order valence-corrected chi connectivity index (χ0v) is 12.3. The van der Waals surface area contributed by atoms with Crippen molar-refractivity contribution in [1.82, 2.24) is 5.32 Å². The molecule has 1 aliphatic carbocycles. The minimum Gasteiger partial charge on any atom is -0.461 e. The molecular weight excluding hydrogens is 274 g/mol. The van der Waals surface area contributed by atoms with Gasteiger partial charge >= 0.3 is 12.1 Å². The first-order valence-electron chi connectivity index (χ1n) is 7.50. The zero-order valence-electron chi connectivity index (χ0n) is 12.3. The lowest BCUT2D eigenvalue weighted by Gasteiger charge is -2.46. The average molecular weight is 297 g/mol. The Hall–Kier alpha value is -1.56. The molecule has 0 aromatic carbocycles. The van der Waals surface area contributed by atoms with E-state index in [1.54, 1.807) is 0 Å². The third kappa shape index (κ3) is 4.20. The summed E-state index contributed by atoms with van der Waals surface area (Å²) in [5, 5.41) is 2.62. The lowest BCUT2D eigenvalue weighted by atomic mass is 9.69. The van der Waals surface area contributed by atoms with Crippen molar-refractivity contribution in [3.05, 3.63) is 12.7 Å². The highest BCUT2D eigenvalue weighted by molar-refractivity contribution is 5.81. The van der Waals surface area contributed by atoms with E-state index in [0.29, 0.717) is 19.1 Å². The summed E-state index contributed by atoms with van der Waals surface area (Å²) in [6.07, 6.45) is 5.60. The molecule has 2 aliphatic rings. The highest BCUT2D eigenvalue weighted by Gasteiger charge is 2.46. The Bertz CT molecular complexity index is 386. The second kappa shape index (κ2) is 7.45. The molecule has 0 spiro atoms. The second-order valence-corrected chi connectivity index (χ2v) is 5.49. The summed E-state index contributed by atoms with van der Waals surface area (Å²) in [5.74, 6) is -0.0497. The van der Waals surface area contributed by atoms with Crippen molar-refractivity contribution in [2.45, 2.75) is 37.7 Å². The molecule has 1 saturated heterocycles. The first-order valence-corrected chi connectivity index (χ1v) is 7.50. The van der Waals surface area contributed by atoms with Gasteiger partial charge in [0.1, 0.15) is 12.2 Å². The van der Waals surface area contributed by atoms with Crippen LogP contribution in [0.2, 0.25) is 0 Å². The summed E-state index contributed by atoms with van der Waals surface area (Å²) in [4.78, 5) is 22.8. The lowest BCUT2D eigenvalue weighted by Crippen LogP contribution is -2.51.